The number of carbonyl (C=O) groups is 1. The second-order valence-corrected chi connectivity index (χ2v) is 6.81. The predicted octanol–water partition coefficient (Wildman–Crippen LogP) is 2.71. The molecule has 1 unspecified atom stereocenters. The maximum atomic E-state index is 12.8. The number of benzene rings is 1. The van der Waals surface area contributed by atoms with Gasteiger partial charge >= 0.3 is 0 Å². The number of amides is 1. The van der Waals surface area contributed by atoms with E-state index < -0.39 is 0 Å². The first-order chi connectivity index (χ1) is 12.1. The van der Waals surface area contributed by atoms with E-state index in [2.05, 4.69) is 16.5 Å². The van der Waals surface area contributed by atoms with Gasteiger partial charge in [-0.15, -0.1) is 0 Å². The van der Waals surface area contributed by atoms with Crippen molar-refractivity contribution in [1.29, 1.82) is 0 Å². The van der Waals surface area contributed by atoms with Crippen molar-refractivity contribution in [2.45, 2.75) is 38.8 Å². The normalized spacial score (nSPS) is 20.2. The van der Waals surface area contributed by atoms with Crippen LogP contribution in [0.3, 0.4) is 0 Å². The molecule has 1 aromatic carbocycles. The molecule has 3 heterocycles. The van der Waals surface area contributed by atoms with Gasteiger partial charge in [-0.25, -0.2) is 0 Å². The number of fused-ring (bicyclic) bond motifs is 1. The van der Waals surface area contributed by atoms with Gasteiger partial charge in [0.2, 0.25) is 0 Å². The van der Waals surface area contributed by atoms with Crippen LogP contribution in [0.1, 0.15) is 52.1 Å². The molecule has 2 aliphatic heterocycles. The van der Waals surface area contributed by atoms with Crippen molar-refractivity contribution in [2.75, 3.05) is 19.8 Å². The largest absolute Gasteiger partial charge is 0.491 e. The molecule has 0 spiro atoms. The lowest BCUT2D eigenvalue weighted by atomic mass is 10.1. The van der Waals surface area contributed by atoms with Crippen LogP contribution in [0.25, 0.3) is 0 Å². The number of aryl methyl sites for hydroxylation is 1. The lowest BCUT2D eigenvalue weighted by Crippen LogP contribution is -2.30. The Morgan fingerprint density at radius 3 is 2.88 bits per heavy atom. The number of ether oxygens (including phenoxy) is 2. The van der Waals surface area contributed by atoms with Gasteiger partial charge in [-0.1, -0.05) is 17.7 Å². The Bertz CT molecular complexity index is 793. The zero-order chi connectivity index (χ0) is 17.4. The van der Waals surface area contributed by atoms with Crippen molar-refractivity contribution in [3.63, 3.8) is 0 Å². The van der Waals surface area contributed by atoms with Gasteiger partial charge in [0.05, 0.1) is 23.8 Å². The molecule has 0 bridgehead atoms. The summed E-state index contributed by atoms with van der Waals surface area (Å²) >= 11 is 0. The summed E-state index contributed by atoms with van der Waals surface area (Å²) in [5.41, 5.74) is 3.75. The number of rotatable bonds is 3. The Morgan fingerprint density at radius 2 is 2.08 bits per heavy atom. The number of nitrogens with zero attached hydrogens (tertiary/aromatic N) is 2. The lowest BCUT2D eigenvalue weighted by molar-refractivity contribution is 0.0656. The fourth-order valence-electron chi connectivity index (χ4n) is 3.63. The second-order valence-electron chi connectivity index (χ2n) is 6.81. The van der Waals surface area contributed by atoms with Crippen LogP contribution < -0.4 is 10.1 Å². The quantitative estimate of drug-likeness (QED) is 0.932. The van der Waals surface area contributed by atoms with Crippen molar-refractivity contribution < 1.29 is 14.3 Å². The summed E-state index contributed by atoms with van der Waals surface area (Å²) in [6, 6.07) is 6.25. The number of aromatic nitrogens is 2. The van der Waals surface area contributed by atoms with Crippen molar-refractivity contribution in [3.8, 4) is 5.75 Å². The number of carbonyl (C=O) groups excluding carboxylic acids is 1. The van der Waals surface area contributed by atoms with E-state index in [1.165, 1.54) is 0 Å². The highest BCUT2D eigenvalue weighted by Gasteiger charge is 2.28. The summed E-state index contributed by atoms with van der Waals surface area (Å²) in [6.45, 7) is 5.97. The van der Waals surface area contributed by atoms with E-state index in [-0.39, 0.29) is 11.9 Å². The number of hydrogen-bond donors (Lipinski definition) is 1. The van der Waals surface area contributed by atoms with E-state index in [1.807, 2.05) is 30.7 Å². The number of nitrogens with one attached hydrogen (secondary N) is 1. The van der Waals surface area contributed by atoms with Gasteiger partial charge in [0.25, 0.3) is 5.91 Å². The third-order valence-corrected chi connectivity index (χ3v) is 5.08. The van der Waals surface area contributed by atoms with Crippen LogP contribution in [-0.4, -0.2) is 35.5 Å². The molecule has 0 radical (unpaired) electrons. The van der Waals surface area contributed by atoms with Gasteiger partial charge in [-0.2, -0.15) is 5.10 Å². The topological polar surface area (TPSA) is 65.4 Å². The van der Waals surface area contributed by atoms with Crippen LogP contribution in [-0.2, 0) is 4.74 Å². The van der Waals surface area contributed by atoms with Gasteiger partial charge < -0.3 is 14.8 Å². The van der Waals surface area contributed by atoms with Crippen LogP contribution in [0.15, 0.2) is 24.4 Å². The Balaban J connectivity index is 1.51. The third-order valence-electron chi connectivity index (χ3n) is 5.08. The first kappa shape index (κ1) is 16.1. The van der Waals surface area contributed by atoms with Gasteiger partial charge in [0, 0.05) is 24.5 Å². The van der Waals surface area contributed by atoms with Crippen molar-refractivity contribution in [3.05, 3.63) is 46.8 Å². The second kappa shape index (κ2) is 6.52. The van der Waals surface area contributed by atoms with Crippen LogP contribution >= 0.6 is 0 Å². The highest BCUT2D eigenvalue weighted by atomic mass is 16.5. The molecule has 1 aromatic heterocycles. The average Bonchev–Trinajstić information content (AvgIpc) is 3.19. The highest BCUT2D eigenvalue weighted by Crippen LogP contribution is 2.33. The van der Waals surface area contributed by atoms with Crippen molar-refractivity contribution in [2.24, 2.45) is 0 Å². The molecule has 1 fully saturated rings. The first-order valence-electron chi connectivity index (χ1n) is 8.79. The third kappa shape index (κ3) is 3.02. The molecule has 0 aliphatic carbocycles. The molecular formula is C19H23N3O3. The summed E-state index contributed by atoms with van der Waals surface area (Å²) < 4.78 is 13.1. The van der Waals surface area contributed by atoms with Crippen LogP contribution in [0.4, 0.5) is 0 Å². The Morgan fingerprint density at radius 1 is 1.28 bits per heavy atom. The molecule has 1 N–H and O–H groups in total. The zero-order valence-corrected chi connectivity index (χ0v) is 14.6. The minimum atomic E-state index is -0.117. The molecule has 4 rings (SSSR count). The van der Waals surface area contributed by atoms with Crippen LogP contribution in [0.2, 0.25) is 0 Å². The Kier molecular flexibility index (Phi) is 4.21. The summed E-state index contributed by atoms with van der Waals surface area (Å²) in [4.78, 5) is 12.8. The fourth-order valence-corrected chi connectivity index (χ4v) is 3.63. The molecule has 1 amide bonds. The monoisotopic (exact) mass is 341 g/mol. The molecule has 0 saturated carbocycles. The molecule has 1 atom stereocenters. The standard InChI is InChI=1S/C19H23N3O3/c1-12-3-4-18-15(9-12)17(11-25-18)21-19(23)16-10-20-22(13(16)2)14-5-7-24-8-6-14/h3-4,9-10,14,17H,5-8,11H2,1-2H3,(H,21,23). The van der Waals surface area contributed by atoms with Gasteiger partial charge in [-0.05, 0) is 32.8 Å². The molecule has 132 valence electrons. The summed E-state index contributed by atoms with van der Waals surface area (Å²) in [5.74, 6) is 0.754. The predicted molar refractivity (Wildman–Crippen MR) is 92.9 cm³/mol. The van der Waals surface area contributed by atoms with Crippen molar-refractivity contribution >= 4 is 5.91 Å². The highest BCUT2D eigenvalue weighted by molar-refractivity contribution is 5.95. The lowest BCUT2D eigenvalue weighted by Gasteiger charge is -2.23. The first-order valence-corrected chi connectivity index (χ1v) is 8.79. The van der Waals surface area contributed by atoms with E-state index in [0.717, 1.165) is 48.6 Å². The summed E-state index contributed by atoms with van der Waals surface area (Å²) in [7, 11) is 0. The number of hydrogen-bond acceptors (Lipinski definition) is 4. The maximum absolute atomic E-state index is 12.8. The molecular weight excluding hydrogens is 318 g/mol. The molecule has 25 heavy (non-hydrogen) atoms. The van der Waals surface area contributed by atoms with Crippen LogP contribution in [0.5, 0.6) is 5.75 Å². The SMILES string of the molecule is Cc1ccc2c(c1)C(NC(=O)c1cnn(C3CCOCC3)c1C)CO2. The molecule has 2 aliphatic rings. The minimum Gasteiger partial charge on any atom is -0.491 e. The smallest absolute Gasteiger partial charge is 0.255 e. The van der Waals surface area contributed by atoms with E-state index in [1.54, 1.807) is 6.20 Å². The van der Waals surface area contributed by atoms with Crippen LogP contribution in [0, 0.1) is 13.8 Å². The fraction of sp³-hybridized carbons (Fsp3) is 0.474. The zero-order valence-electron chi connectivity index (χ0n) is 14.6. The van der Waals surface area contributed by atoms with Gasteiger partial charge in [0.1, 0.15) is 12.4 Å². The molecule has 6 nitrogen and oxygen atoms in total. The minimum absolute atomic E-state index is 0.0984. The molecule has 2 aromatic rings. The summed E-state index contributed by atoms with van der Waals surface area (Å²) in [6.07, 6.45) is 3.55. The van der Waals surface area contributed by atoms with E-state index in [9.17, 15) is 4.79 Å². The maximum Gasteiger partial charge on any atom is 0.255 e. The Labute approximate surface area is 147 Å². The summed E-state index contributed by atoms with van der Waals surface area (Å²) in [5, 5.41) is 7.56. The van der Waals surface area contributed by atoms with Gasteiger partial charge in [-0.3, -0.25) is 9.48 Å². The molecule has 1 saturated heterocycles. The molecule has 6 heteroatoms. The van der Waals surface area contributed by atoms with Crippen molar-refractivity contribution in [1.82, 2.24) is 15.1 Å². The van der Waals surface area contributed by atoms with E-state index >= 15 is 0 Å². The van der Waals surface area contributed by atoms with Gasteiger partial charge in [0.15, 0.2) is 0 Å². The van der Waals surface area contributed by atoms with E-state index in [4.69, 9.17) is 9.47 Å². The van der Waals surface area contributed by atoms with E-state index in [0.29, 0.717) is 18.2 Å². The Hall–Kier alpha value is -2.34. The average molecular weight is 341 g/mol.